The highest BCUT2D eigenvalue weighted by molar-refractivity contribution is 5.93. The maximum Gasteiger partial charge on any atom is 0.327 e. The van der Waals surface area contributed by atoms with E-state index in [0.717, 1.165) is 5.69 Å². The number of aliphatic carboxylic acids is 6. The number of nitrogens with zero attached hydrogens (tertiary/aromatic N) is 2. The van der Waals surface area contributed by atoms with Crippen LogP contribution >= 0.6 is 0 Å². The summed E-state index contributed by atoms with van der Waals surface area (Å²) in [6, 6.07) is -8.75. The van der Waals surface area contributed by atoms with E-state index >= 15 is 0 Å². The standard InChI is InChI=1S/C9H17N5O3.C9H12N4O3.C8H13N3O4.C7H11N3O4.C7H12N2O4.C6H10N2O4/c10-9(11)12-3-1-2-5-7(15)14-6(4-13-5)8(16)17;14-8-6(1-5-2-10-4-12-5)11-3-7(13-8)9(15)16;9-6(12)2-1-4-7(13)11-5(3-10-4)8(14)15;8-5(11)1-3-6(12)10-4(2-9-3)7(13)14;1-3(10)5-6(11)9-4(2-8-5)7(12)13;9-2-4-5(10)8-3(1-7-4)6(11)12/h5-6,13H,1-4H2,(H,14,15)(H,16,17)(H4,10,11,12);2,4,6-7,11H,1,3H2,(H,10,12)(H,13,14)(H,15,16);4-5,10H,1-3H2,(H2,9,12)(H,11,13)(H,14,15);3-4,9H,1-2H2,(H2,8,11)(H,10,12)(H,13,14);3-5,8,10H,2H2,1H3,(H,9,11)(H,12,13);3-4,7,9H,1-2H2,(H,8,10)(H,11,12). The fraction of sp³-hybridized carbons (Fsp3) is 0.609. The second kappa shape index (κ2) is 37.2. The molecule has 8 amide bonds. The van der Waals surface area contributed by atoms with Gasteiger partial charge in [-0.15, -0.1) is 0 Å². The zero-order valence-electron chi connectivity index (χ0n) is 46.6. The van der Waals surface area contributed by atoms with Crippen LogP contribution in [-0.4, -0.2) is 271 Å². The first-order valence-corrected chi connectivity index (χ1v) is 26.3. The molecule has 0 saturated carbocycles. The Labute approximate surface area is 492 Å². The van der Waals surface area contributed by atoms with Gasteiger partial charge in [-0.05, 0) is 26.2 Å². The van der Waals surface area contributed by atoms with Gasteiger partial charge in [0.15, 0.2) is 5.96 Å². The number of hydrogen-bond donors (Lipinski definition) is 25. The molecular formula is C46H75N19O22. The fourth-order valence-electron chi connectivity index (χ4n) is 7.87. The Bertz CT molecular complexity index is 2610. The molecule has 486 valence electrons. The molecule has 7 rings (SSSR count). The number of aliphatic imine (C=N–C) groups is 1. The van der Waals surface area contributed by atoms with Crippen LogP contribution in [0.4, 0.5) is 0 Å². The van der Waals surface area contributed by atoms with E-state index < -0.39 is 144 Å². The first-order chi connectivity index (χ1) is 40.8. The SMILES string of the molecule is CC(O)C1NCC(C(=O)O)NC1=O.NC(=O)CC1NCC(C(=O)O)NC1=O.NC(=O)CCC1NCC(C(=O)O)NC1=O.NC(N)=NCCCC1NCC(C(=O)O)NC1=O.O=C(O)C1CNC(CO)C(=O)N1.O=C(O)C1CNC(Cc2cnc[nH]2)C(=O)N1. The first-order valence-electron chi connectivity index (χ1n) is 26.3. The molecule has 6 saturated heterocycles. The number of aromatic nitrogens is 2. The molecule has 0 spiro atoms. The molecule has 0 aliphatic carbocycles. The Hall–Kier alpha value is -9.26. The summed E-state index contributed by atoms with van der Waals surface area (Å²) in [5, 5.41) is 99.9. The first kappa shape index (κ1) is 73.8. The van der Waals surface area contributed by atoms with Gasteiger partial charge in [0.05, 0.1) is 49.6 Å². The third kappa shape index (κ3) is 27.1. The molecule has 41 nitrogen and oxygen atoms in total. The molecule has 0 aromatic carbocycles. The van der Waals surface area contributed by atoms with Gasteiger partial charge >= 0.3 is 35.8 Å². The van der Waals surface area contributed by atoms with Crippen molar-refractivity contribution in [3.8, 4) is 0 Å². The van der Waals surface area contributed by atoms with Gasteiger partial charge < -0.3 is 133 Å². The number of piperazine rings is 6. The van der Waals surface area contributed by atoms with Crippen molar-refractivity contribution >= 4 is 89.0 Å². The summed E-state index contributed by atoms with van der Waals surface area (Å²) >= 11 is 0. The molecule has 29 N–H and O–H groups in total. The van der Waals surface area contributed by atoms with Crippen molar-refractivity contribution in [1.82, 2.24) is 73.8 Å². The summed E-state index contributed by atoms with van der Waals surface area (Å²) in [6.45, 7) is 2.60. The normalized spacial score (nSPS) is 26.7. The van der Waals surface area contributed by atoms with Crippen LogP contribution in [0.5, 0.6) is 0 Å². The fourth-order valence-corrected chi connectivity index (χ4v) is 7.87. The van der Waals surface area contributed by atoms with Crippen LogP contribution in [0.3, 0.4) is 0 Å². The number of nitrogens with two attached hydrogens (primary N) is 4. The van der Waals surface area contributed by atoms with E-state index in [1.54, 1.807) is 6.20 Å². The summed E-state index contributed by atoms with van der Waals surface area (Å²) < 4.78 is 0. The lowest BCUT2D eigenvalue weighted by Gasteiger charge is -2.29. The molecule has 1 aromatic rings. The number of amides is 8. The maximum atomic E-state index is 11.6. The van der Waals surface area contributed by atoms with Gasteiger partial charge in [-0.2, -0.15) is 0 Å². The number of primary amides is 2. The Morgan fingerprint density at radius 1 is 0.517 bits per heavy atom. The Morgan fingerprint density at radius 2 is 0.874 bits per heavy atom. The minimum Gasteiger partial charge on any atom is -0.480 e. The van der Waals surface area contributed by atoms with Crippen LogP contribution in [0.25, 0.3) is 0 Å². The van der Waals surface area contributed by atoms with Gasteiger partial charge in [-0.1, -0.05) is 0 Å². The Kier molecular flexibility index (Phi) is 31.6. The van der Waals surface area contributed by atoms with E-state index in [1.807, 2.05) is 0 Å². The second-order valence-corrected chi connectivity index (χ2v) is 19.4. The van der Waals surface area contributed by atoms with Gasteiger partial charge in [0.2, 0.25) is 47.3 Å². The minimum absolute atomic E-state index is 0.0250. The van der Waals surface area contributed by atoms with Crippen molar-refractivity contribution < 1.29 is 108 Å². The number of aliphatic hydroxyl groups excluding tert-OH is 2. The minimum atomic E-state index is -1.11. The van der Waals surface area contributed by atoms with Crippen LogP contribution in [-0.2, 0) is 73.5 Å². The molecule has 6 aliphatic heterocycles. The zero-order valence-corrected chi connectivity index (χ0v) is 46.6. The van der Waals surface area contributed by atoms with Crippen LogP contribution in [0.2, 0.25) is 0 Å². The average molecular weight is 1250 g/mol. The van der Waals surface area contributed by atoms with Crippen molar-refractivity contribution in [2.45, 2.75) is 124 Å². The van der Waals surface area contributed by atoms with Gasteiger partial charge in [0, 0.05) is 70.5 Å². The highest BCUT2D eigenvalue weighted by Gasteiger charge is 2.36. The molecule has 7 heterocycles. The van der Waals surface area contributed by atoms with Crippen LogP contribution in [0.1, 0.15) is 44.7 Å². The summed E-state index contributed by atoms with van der Waals surface area (Å²) in [5.74, 6) is -9.94. The topological polar surface area (TPSA) is 690 Å². The number of carboxylic acid groups (broad SMARTS) is 6. The molecule has 0 bridgehead atoms. The smallest absolute Gasteiger partial charge is 0.327 e. The molecule has 87 heavy (non-hydrogen) atoms. The lowest BCUT2D eigenvalue weighted by molar-refractivity contribution is -0.144. The molecule has 6 aliphatic rings. The van der Waals surface area contributed by atoms with Crippen LogP contribution in [0.15, 0.2) is 17.5 Å². The number of carbonyl (C=O) groups excluding carboxylic acids is 8. The van der Waals surface area contributed by atoms with E-state index in [-0.39, 0.29) is 89.0 Å². The van der Waals surface area contributed by atoms with E-state index in [0.29, 0.717) is 25.8 Å². The van der Waals surface area contributed by atoms with E-state index in [1.165, 1.54) is 13.3 Å². The summed E-state index contributed by atoms with van der Waals surface area (Å²) in [6.07, 6.45) is 4.30. The molecule has 13 atom stereocenters. The largest absolute Gasteiger partial charge is 0.480 e. The number of imidazole rings is 1. The number of aliphatic hydroxyl groups is 2. The third-order valence-electron chi connectivity index (χ3n) is 12.6. The summed E-state index contributed by atoms with van der Waals surface area (Å²) in [5.41, 5.74) is 21.0. The number of carbonyl (C=O) groups is 14. The monoisotopic (exact) mass is 1250 g/mol. The summed E-state index contributed by atoms with van der Waals surface area (Å²) in [7, 11) is 0. The van der Waals surface area contributed by atoms with Crippen molar-refractivity contribution in [3.63, 3.8) is 0 Å². The highest BCUT2D eigenvalue weighted by atomic mass is 16.4. The van der Waals surface area contributed by atoms with Crippen molar-refractivity contribution in [1.29, 1.82) is 0 Å². The quantitative estimate of drug-likeness (QED) is 0.0347. The van der Waals surface area contributed by atoms with Crippen molar-refractivity contribution in [2.24, 2.45) is 27.9 Å². The number of nitrogens with one attached hydrogen (secondary N) is 13. The van der Waals surface area contributed by atoms with E-state index in [2.05, 4.69) is 78.8 Å². The third-order valence-corrected chi connectivity index (χ3v) is 12.6. The van der Waals surface area contributed by atoms with Gasteiger partial charge in [0.1, 0.15) is 48.3 Å². The number of hydrogen-bond acceptors (Lipinski definition) is 24. The lowest BCUT2D eigenvalue weighted by atomic mass is 10.1. The number of carboxylic acids is 6. The van der Waals surface area contributed by atoms with Crippen molar-refractivity contribution in [2.75, 3.05) is 52.4 Å². The lowest BCUT2D eigenvalue weighted by Crippen LogP contribution is -2.63. The predicted molar refractivity (Wildman–Crippen MR) is 291 cm³/mol. The van der Waals surface area contributed by atoms with Gasteiger partial charge in [-0.25, -0.2) is 33.8 Å². The molecule has 13 unspecified atom stereocenters. The predicted octanol–water partition coefficient (Wildman–Crippen LogP) is -13.3. The highest BCUT2D eigenvalue weighted by Crippen LogP contribution is 2.07. The second-order valence-electron chi connectivity index (χ2n) is 19.4. The molecule has 41 heteroatoms. The maximum absolute atomic E-state index is 11.6. The Morgan fingerprint density at radius 3 is 1.18 bits per heavy atom. The number of H-pyrrole nitrogens is 1. The van der Waals surface area contributed by atoms with Crippen molar-refractivity contribution in [3.05, 3.63) is 18.2 Å². The number of rotatable bonds is 19. The van der Waals surface area contributed by atoms with E-state index in [4.69, 9.17) is 63.8 Å². The van der Waals surface area contributed by atoms with Crippen LogP contribution < -0.4 is 86.7 Å². The van der Waals surface area contributed by atoms with Gasteiger partial charge in [-0.3, -0.25) is 43.3 Å². The zero-order chi connectivity index (χ0) is 65.7. The summed E-state index contributed by atoms with van der Waals surface area (Å²) in [4.78, 5) is 162. The van der Waals surface area contributed by atoms with E-state index in [9.17, 15) is 67.1 Å². The Balaban J connectivity index is 0.000000357. The molecular weight excluding hydrogens is 1170 g/mol. The number of aromatic amines is 1. The molecule has 1 aromatic heterocycles. The molecule has 0 radical (unpaired) electrons. The van der Waals surface area contributed by atoms with Gasteiger partial charge in [0.25, 0.3) is 0 Å². The molecule has 6 fully saturated rings. The number of guanidine groups is 1. The van der Waals surface area contributed by atoms with Crippen LogP contribution in [0, 0.1) is 0 Å². The average Bonchev–Trinajstić information content (AvgIpc) is 4.18.